The summed E-state index contributed by atoms with van der Waals surface area (Å²) in [5, 5.41) is 3.93. The first-order valence-corrected chi connectivity index (χ1v) is 9.19. The molecule has 0 aliphatic heterocycles. The van der Waals surface area contributed by atoms with E-state index in [0.29, 0.717) is 13.0 Å². The summed E-state index contributed by atoms with van der Waals surface area (Å²) in [5.74, 6) is -0.796. The molecule has 3 aromatic rings. The minimum atomic E-state index is -0.403. The van der Waals surface area contributed by atoms with Crippen LogP contribution in [0.25, 0.3) is 10.9 Å². The lowest BCUT2D eigenvalue weighted by Crippen LogP contribution is -2.35. The monoisotopic (exact) mass is 364 g/mol. The average Bonchev–Trinajstić information content (AvgIpc) is 3.09. The van der Waals surface area contributed by atoms with E-state index in [1.807, 2.05) is 60.8 Å². The highest BCUT2D eigenvalue weighted by molar-refractivity contribution is 5.89. The smallest absolute Gasteiger partial charge is 0.311 e. The Balaban J connectivity index is 1.61. The third kappa shape index (κ3) is 4.97. The third-order valence-corrected chi connectivity index (χ3v) is 4.52. The Bertz CT molecular complexity index is 902. The number of aromatic amines is 1. The molecule has 5 nitrogen and oxygen atoms in total. The van der Waals surface area contributed by atoms with Crippen molar-refractivity contribution in [3.05, 3.63) is 71.9 Å². The molecule has 0 fully saturated rings. The van der Waals surface area contributed by atoms with Crippen LogP contribution >= 0.6 is 0 Å². The zero-order valence-corrected chi connectivity index (χ0v) is 15.4. The molecule has 1 amide bonds. The van der Waals surface area contributed by atoms with Crippen LogP contribution in [0.5, 0.6) is 0 Å². The van der Waals surface area contributed by atoms with Crippen molar-refractivity contribution in [2.24, 2.45) is 5.92 Å². The number of fused-ring (bicyclic) bond motifs is 1. The molecule has 0 spiro atoms. The van der Waals surface area contributed by atoms with Crippen molar-refractivity contribution < 1.29 is 14.3 Å². The Labute approximate surface area is 158 Å². The maximum atomic E-state index is 12.4. The van der Waals surface area contributed by atoms with Gasteiger partial charge in [0.25, 0.3) is 0 Å². The van der Waals surface area contributed by atoms with Crippen molar-refractivity contribution in [2.75, 3.05) is 13.2 Å². The summed E-state index contributed by atoms with van der Waals surface area (Å²) < 4.78 is 5.18. The molecule has 0 saturated carbocycles. The third-order valence-electron chi connectivity index (χ3n) is 4.52. The van der Waals surface area contributed by atoms with Gasteiger partial charge in [-0.25, -0.2) is 0 Å². The number of rotatable bonds is 8. The van der Waals surface area contributed by atoms with Crippen LogP contribution < -0.4 is 5.32 Å². The summed E-state index contributed by atoms with van der Waals surface area (Å²) in [4.78, 5) is 27.9. The van der Waals surface area contributed by atoms with Crippen LogP contribution in [0, 0.1) is 5.92 Å². The molecule has 0 radical (unpaired) electrons. The summed E-state index contributed by atoms with van der Waals surface area (Å²) in [7, 11) is 0. The van der Waals surface area contributed by atoms with E-state index in [4.69, 9.17) is 4.74 Å². The highest BCUT2D eigenvalue weighted by Gasteiger charge is 2.21. The summed E-state index contributed by atoms with van der Waals surface area (Å²) in [6.07, 6.45) is 2.66. The normalized spacial score (nSPS) is 11.9. The number of aromatic nitrogens is 1. The fraction of sp³-hybridized carbons (Fsp3) is 0.273. The molecular weight excluding hydrogens is 340 g/mol. The van der Waals surface area contributed by atoms with Crippen LogP contribution in [-0.4, -0.2) is 30.0 Å². The Hall–Kier alpha value is -3.08. The molecule has 1 heterocycles. The number of H-pyrrole nitrogens is 1. The van der Waals surface area contributed by atoms with Crippen LogP contribution in [0.15, 0.2) is 60.8 Å². The number of amides is 1. The van der Waals surface area contributed by atoms with E-state index in [1.165, 1.54) is 0 Å². The predicted octanol–water partition coefficient (Wildman–Crippen LogP) is 3.25. The standard InChI is InChI=1S/C22H24N2O3/c1-2-27-22(26)18(12-16-8-4-3-5-9-16)15-24-21(25)13-17-14-23-20-11-7-6-10-19(17)20/h3-11,14,18,23H,2,12-13,15H2,1H3,(H,24,25). The van der Waals surface area contributed by atoms with Crippen LogP contribution in [-0.2, 0) is 27.2 Å². The van der Waals surface area contributed by atoms with Crippen molar-refractivity contribution in [2.45, 2.75) is 19.8 Å². The second kappa shape index (κ2) is 9.03. The summed E-state index contributed by atoms with van der Waals surface area (Å²) in [6, 6.07) is 17.6. The SMILES string of the molecule is CCOC(=O)C(CNC(=O)Cc1c[nH]c2ccccc12)Cc1ccccc1. The summed E-state index contributed by atoms with van der Waals surface area (Å²) in [5.41, 5.74) is 2.99. The van der Waals surface area contributed by atoms with E-state index in [-0.39, 0.29) is 24.8 Å². The minimum Gasteiger partial charge on any atom is -0.466 e. The lowest BCUT2D eigenvalue weighted by Gasteiger charge is -2.16. The van der Waals surface area contributed by atoms with Gasteiger partial charge in [-0.1, -0.05) is 48.5 Å². The van der Waals surface area contributed by atoms with Gasteiger partial charge in [0.1, 0.15) is 0 Å². The van der Waals surface area contributed by atoms with E-state index in [0.717, 1.165) is 22.0 Å². The second-order valence-electron chi connectivity index (χ2n) is 6.48. The zero-order chi connectivity index (χ0) is 19.1. The van der Waals surface area contributed by atoms with Gasteiger partial charge >= 0.3 is 5.97 Å². The number of nitrogens with one attached hydrogen (secondary N) is 2. The van der Waals surface area contributed by atoms with Crippen LogP contribution in [0.4, 0.5) is 0 Å². The lowest BCUT2D eigenvalue weighted by atomic mass is 9.99. The maximum Gasteiger partial charge on any atom is 0.311 e. The minimum absolute atomic E-state index is 0.109. The van der Waals surface area contributed by atoms with Gasteiger partial charge in [0.05, 0.1) is 18.9 Å². The lowest BCUT2D eigenvalue weighted by molar-refractivity contribution is -0.147. The molecule has 0 aliphatic rings. The van der Waals surface area contributed by atoms with Crippen molar-refractivity contribution in [3.63, 3.8) is 0 Å². The fourth-order valence-electron chi connectivity index (χ4n) is 3.15. The molecule has 1 aromatic heterocycles. The molecule has 0 bridgehead atoms. The number of hydrogen-bond acceptors (Lipinski definition) is 3. The van der Waals surface area contributed by atoms with Crippen molar-refractivity contribution in [1.29, 1.82) is 0 Å². The number of carbonyl (C=O) groups excluding carboxylic acids is 2. The molecule has 140 valence electrons. The molecule has 3 rings (SSSR count). The number of ether oxygens (including phenoxy) is 1. The van der Waals surface area contributed by atoms with Gasteiger partial charge in [-0.05, 0) is 30.5 Å². The zero-order valence-electron chi connectivity index (χ0n) is 15.4. The van der Waals surface area contributed by atoms with E-state index in [1.54, 1.807) is 6.92 Å². The van der Waals surface area contributed by atoms with Crippen molar-refractivity contribution in [3.8, 4) is 0 Å². The highest BCUT2D eigenvalue weighted by atomic mass is 16.5. The van der Waals surface area contributed by atoms with E-state index < -0.39 is 5.92 Å². The number of hydrogen-bond donors (Lipinski definition) is 2. The molecule has 0 aliphatic carbocycles. The molecule has 27 heavy (non-hydrogen) atoms. The summed E-state index contributed by atoms with van der Waals surface area (Å²) in [6.45, 7) is 2.37. The van der Waals surface area contributed by atoms with Gasteiger partial charge in [0.2, 0.25) is 5.91 Å². The van der Waals surface area contributed by atoms with Gasteiger partial charge in [-0.3, -0.25) is 9.59 Å². The Morgan fingerprint density at radius 3 is 2.59 bits per heavy atom. The molecule has 2 N–H and O–H groups in total. The first-order chi connectivity index (χ1) is 13.2. The fourth-order valence-corrected chi connectivity index (χ4v) is 3.15. The first kappa shape index (κ1) is 18.7. The highest BCUT2D eigenvalue weighted by Crippen LogP contribution is 2.18. The molecular formula is C22H24N2O3. The Morgan fingerprint density at radius 1 is 1.07 bits per heavy atom. The number of esters is 1. The molecule has 2 aromatic carbocycles. The molecule has 5 heteroatoms. The van der Waals surface area contributed by atoms with Gasteiger partial charge < -0.3 is 15.0 Å². The topological polar surface area (TPSA) is 71.2 Å². The number of para-hydroxylation sites is 1. The van der Waals surface area contributed by atoms with E-state index in [2.05, 4.69) is 10.3 Å². The molecule has 1 atom stereocenters. The van der Waals surface area contributed by atoms with Gasteiger partial charge in [0, 0.05) is 23.6 Å². The Kier molecular flexibility index (Phi) is 6.26. The largest absolute Gasteiger partial charge is 0.466 e. The van der Waals surface area contributed by atoms with Crippen molar-refractivity contribution in [1.82, 2.24) is 10.3 Å². The van der Waals surface area contributed by atoms with Gasteiger partial charge in [0.15, 0.2) is 0 Å². The van der Waals surface area contributed by atoms with Crippen LogP contribution in [0.3, 0.4) is 0 Å². The molecule has 0 saturated heterocycles. The number of benzene rings is 2. The quantitative estimate of drug-likeness (QED) is 0.603. The van der Waals surface area contributed by atoms with Crippen LogP contribution in [0.1, 0.15) is 18.1 Å². The van der Waals surface area contributed by atoms with Gasteiger partial charge in [-0.2, -0.15) is 0 Å². The maximum absolute atomic E-state index is 12.4. The number of carbonyl (C=O) groups is 2. The van der Waals surface area contributed by atoms with Crippen molar-refractivity contribution >= 4 is 22.8 Å². The summed E-state index contributed by atoms with van der Waals surface area (Å²) >= 11 is 0. The van der Waals surface area contributed by atoms with Crippen LogP contribution in [0.2, 0.25) is 0 Å². The van der Waals surface area contributed by atoms with E-state index >= 15 is 0 Å². The predicted molar refractivity (Wildman–Crippen MR) is 105 cm³/mol. The first-order valence-electron chi connectivity index (χ1n) is 9.19. The Morgan fingerprint density at radius 2 is 1.81 bits per heavy atom. The average molecular weight is 364 g/mol. The second-order valence-corrected chi connectivity index (χ2v) is 6.48. The van der Waals surface area contributed by atoms with E-state index in [9.17, 15) is 9.59 Å². The molecule has 1 unspecified atom stereocenters. The van der Waals surface area contributed by atoms with Gasteiger partial charge in [-0.15, -0.1) is 0 Å².